The number of benzene rings is 2. The quantitative estimate of drug-likeness (QED) is 0.761. The van der Waals surface area contributed by atoms with Crippen molar-refractivity contribution in [3.8, 4) is 5.75 Å². The van der Waals surface area contributed by atoms with Crippen molar-refractivity contribution in [2.45, 2.75) is 64.4 Å². The Kier molecular flexibility index (Phi) is 5.76. The molecule has 4 nitrogen and oxygen atoms in total. The van der Waals surface area contributed by atoms with Gasteiger partial charge in [-0.1, -0.05) is 43.3 Å². The first-order valence-corrected chi connectivity index (χ1v) is 10.9. The molecule has 1 aliphatic carbocycles. The first-order chi connectivity index (χ1) is 14.4. The van der Waals surface area contributed by atoms with E-state index < -0.39 is 0 Å². The van der Waals surface area contributed by atoms with Gasteiger partial charge in [0, 0.05) is 30.0 Å². The lowest BCUT2D eigenvalue weighted by Crippen LogP contribution is -2.38. The second kappa shape index (κ2) is 8.47. The van der Waals surface area contributed by atoms with Gasteiger partial charge in [0.15, 0.2) is 5.78 Å². The second-order valence-corrected chi connectivity index (χ2v) is 8.56. The number of Topliss-reactive ketones (excluding diaryl/α,β-unsaturated/α-hetero) is 1. The van der Waals surface area contributed by atoms with E-state index in [2.05, 4.69) is 36.5 Å². The summed E-state index contributed by atoms with van der Waals surface area (Å²) >= 11 is 0. The van der Waals surface area contributed by atoms with E-state index in [0.717, 1.165) is 29.0 Å². The van der Waals surface area contributed by atoms with E-state index in [1.165, 1.54) is 11.1 Å². The van der Waals surface area contributed by atoms with Gasteiger partial charge in [-0.25, -0.2) is 0 Å². The monoisotopic (exact) mass is 403 g/mol. The summed E-state index contributed by atoms with van der Waals surface area (Å²) in [5.74, 6) is 0.860. The Morgan fingerprint density at radius 3 is 2.23 bits per heavy atom. The fraction of sp³-hybridized carbons (Fsp3) is 0.385. The number of hydrogen-bond acceptors (Lipinski definition) is 3. The van der Waals surface area contributed by atoms with Gasteiger partial charge in [0.05, 0.1) is 6.10 Å². The molecule has 0 bridgehead atoms. The topological polar surface area (TPSA) is 55.4 Å². The summed E-state index contributed by atoms with van der Waals surface area (Å²) in [6, 6.07) is 16.3. The van der Waals surface area contributed by atoms with Crippen LogP contribution in [0.1, 0.15) is 68.6 Å². The Morgan fingerprint density at radius 2 is 1.60 bits per heavy atom. The second-order valence-electron chi connectivity index (χ2n) is 8.56. The van der Waals surface area contributed by atoms with Gasteiger partial charge in [0.25, 0.3) is 0 Å². The third-order valence-corrected chi connectivity index (χ3v) is 6.05. The van der Waals surface area contributed by atoms with Crippen molar-refractivity contribution in [1.29, 1.82) is 0 Å². The molecule has 1 heterocycles. The molecule has 1 amide bonds. The van der Waals surface area contributed by atoms with Crippen LogP contribution in [0.2, 0.25) is 0 Å². The summed E-state index contributed by atoms with van der Waals surface area (Å²) in [6.07, 6.45) is 2.60. The number of amides is 1. The smallest absolute Gasteiger partial charge is 0.225 e. The van der Waals surface area contributed by atoms with E-state index in [0.29, 0.717) is 19.3 Å². The predicted molar refractivity (Wildman–Crippen MR) is 118 cm³/mol. The third kappa shape index (κ3) is 4.18. The molecular weight excluding hydrogens is 374 g/mol. The zero-order valence-corrected chi connectivity index (χ0v) is 17.9. The van der Waals surface area contributed by atoms with Crippen molar-refractivity contribution >= 4 is 11.7 Å². The number of ketones is 1. The average Bonchev–Trinajstić information content (AvgIpc) is 2.73. The van der Waals surface area contributed by atoms with E-state index in [1.807, 2.05) is 38.1 Å². The fourth-order valence-electron chi connectivity index (χ4n) is 4.56. The lowest BCUT2D eigenvalue weighted by atomic mass is 9.73. The highest BCUT2D eigenvalue weighted by atomic mass is 16.5. The van der Waals surface area contributed by atoms with Crippen molar-refractivity contribution in [1.82, 2.24) is 5.32 Å². The summed E-state index contributed by atoms with van der Waals surface area (Å²) in [7, 11) is 0. The maximum atomic E-state index is 13.2. The van der Waals surface area contributed by atoms with Crippen molar-refractivity contribution < 1.29 is 14.3 Å². The molecule has 0 fully saturated rings. The number of hydrogen-bond donors (Lipinski definition) is 1. The average molecular weight is 404 g/mol. The Labute approximate surface area is 178 Å². The molecule has 30 heavy (non-hydrogen) atoms. The molecule has 0 saturated carbocycles. The van der Waals surface area contributed by atoms with Crippen molar-refractivity contribution in [2.75, 3.05) is 0 Å². The number of rotatable bonds is 5. The van der Waals surface area contributed by atoms with Crippen LogP contribution < -0.4 is 10.1 Å². The Morgan fingerprint density at radius 1 is 0.933 bits per heavy atom. The molecule has 4 heteroatoms. The van der Waals surface area contributed by atoms with E-state index in [1.54, 1.807) is 0 Å². The standard InChI is InChI=1S/C26H29NO3/c1-4-17-5-7-18(8-6-17)20-13-23-26(24(28)14-20)22(15-25(29)27-23)19-9-11-21(12-10-19)30-16(2)3/h5-12,16,20,22H,4,13-15H2,1-3H3,(H,27,29). The van der Waals surface area contributed by atoms with Gasteiger partial charge >= 0.3 is 0 Å². The molecule has 4 rings (SSSR count). The molecule has 1 aliphatic heterocycles. The minimum atomic E-state index is -0.183. The number of nitrogens with one attached hydrogen (secondary N) is 1. The summed E-state index contributed by atoms with van der Waals surface area (Å²) < 4.78 is 5.73. The van der Waals surface area contributed by atoms with Crippen molar-refractivity contribution in [3.05, 3.63) is 76.5 Å². The highest BCUT2D eigenvalue weighted by Crippen LogP contribution is 2.42. The number of allylic oxidation sites excluding steroid dienone is 2. The van der Waals surface area contributed by atoms with Crippen LogP contribution in [0.5, 0.6) is 5.75 Å². The van der Waals surface area contributed by atoms with Gasteiger partial charge in [-0.3, -0.25) is 9.59 Å². The summed E-state index contributed by atoms with van der Waals surface area (Å²) in [4.78, 5) is 25.7. The highest BCUT2D eigenvalue weighted by molar-refractivity contribution is 6.02. The summed E-state index contributed by atoms with van der Waals surface area (Å²) in [5.41, 5.74) is 5.04. The van der Waals surface area contributed by atoms with Gasteiger partial charge in [-0.2, -0.15) is 0 Å². The lowest BCUT2D eigenvalue weighted by molar-refractivity contribution is -0.122. The lowest BCUT2D eigenvalue weighted by Gasteiger charge is -2.34. The normalized spacial score (nSPS) is 21.5. The van der Waals surface area contributed by atoms with Gasteiger partial charge in [0.2, 0.25) is 5.91 Å². The highest BCUT2D eigenvalue weighted by Gasteiger charge is 2.38. The zero-order valence-electron chi connectivity index (χ0n) is 17.9. The molecule has 2 aliphatic rings. The van der Waals surface area contributed by atoms with Crippen LogP contribution in [0.3, 0.4) is 0 Å². The third-order valence-electron chi connectivity index (χ3n) is 6.05. The van der Waals surface area contributed by atoms with Gasteiger partial charge in [0.1, 0.15) is 5.75 Å². The number of aryl methyl sites for hydroxylation is 1. The Balaban J connectivity index is 1.61. The molecule has 2 atom stereocenters. The molecule has 2 unspecified atom stereocenters. The molecule has 0 spiro atoms. The maximum absolute atomic E-state index is 13.2. The number of carbonyl (C=O) groups is 2. The van der Waals surface area contributed by atoms with Crippen LogP contribution in [0.15, 0.2) is 59.8 Å². The maximum Gasteiger partial charge on any atom is 0.225 e. The summed E-state index contributed by atoms with van der Waals surface area (Å²) in [5, 5.41) is 3.00. The summed E-state index contributed by atoms with van der Waals surface area (Å²) in [6.45, 7) is 6.11. The molecule has 2 aromatic rings. The van der Waals surface area contributed by atoms with E-state index in [-0.39, 0.29) is 29.6 Å². The molecule has 0 radical (unpaired) electrons. The van der Waals surface area contributed by atoms with E-state index in [4.69, 9.17) is 4.74 Å². The first kappa shape index (κ1) is 20.4. The first-order valence-electron chi connectivity index (χ1n) is 10.9. The number of ether oxygens (including phenoxy) is 1. The Bertz CT molecular complexity index is 970. The SMILES string of the molecule is CCc1ccc(C2CC(=O)C3=C(C2)NC(=O)CC3c2ccc(OC(C)C)cc2)cc1. The van der Waals surface area contributed by atoms with Crippen LogP contribution in [-0.2, 0) is 16.0 Å². The zero-order chi connectivity index (χ0) is 21.3. The van der Waals surface area contributed by atoms with Crippen LogP contribution in [0.25, 0.3) is 0 Å². The molecule has 0 aromatic heterocycles. The van der Waals surface area contributed by atoms with E-state index >= 15 is 0 Å². The molecule has 0 saturated heterocycles. The minimum Gasteiger partial charge on any atom is -0.491 e. The minimum absolute atomic E-state index is 0.0176. The molecule has 1 N–H and O–H groups in total. The van der Waals surface area contributed by atoms with Crippen LogP contribution >= 0.6 is 0 Å². The van der Waals surface area contributed by atoms with Crippen LogP contribution in [-0.4, -0.2) is 17.8 Å². The molecule has 2 aromatic carbocycles. The molecule has 156 valence electrons. The van der Waals surface area contributed by atoms with E-state index in [9.17, 15) is 9.59 Å². The van der Waals surface area contributed by atoms with Gasteiger partial charge in [-0.15, -0.1) is 0 Å². The van der Waals surface area contributed by atoms with Gasteiger partial charge < -0.3 is 10.1 Å². The van der Waals surface area contributed by atoms with Crippen LogP contribution in [0, 0.1) is 0 Å². The largest absolute Gasteiger partial charge is 0.491 e. The predicted octanol–water partition coefficient (Wildman–Crippen LogP) is 5.04. The van der Waals surface area contributed by atoms with Crippen molar-refractivity contribution in [3.63, 3.8) is 0 Å². The number of carbonyl (C=O) groups excluding carboxylic acids is 2. The molecular formula is C26H29NO3. The van der Waals surface area contributed by atoms with Crippen LogP contribution in [0.4, 0.5) is 0 Å². The van der Waals surface area contributed by atoms with Crippen molar-refractivity contribution in [2.24, 2.45) is 0 Å². The fourth-order valence-corrected chi connectivity index (χ4v) is 4.56. The Hall–Kier alpha value is -2.88. The van der Waals surface area contributed by atoms with Gasteiger partial charge in [-0.05, 0) is 61.4 Å².